The molecule has 0 aromatic carbocycles. The van der Waals surface area contributed by atoms with Gasteiger partial charge in [0.2, 0.25) is 5.95 Å². The predicted molar refractivity (Wildman–Crippen MR) is 78.5 cm³/mol. The summed E-state index contributed by atoms with van der Waals surface area (Å²) in [7, 11) is 0. The van der Waals surface area contributed by atoms with Crippen molar-refractivity contribution in [2.75, 3.05) is 10.7 Å². The summed E-state index contributed by atoms with van der Waals surface area (Å²) in [5, 5.41) is 6.03. The van der Waals surface area contributed by atoms with Gasteiger partial charge in [-0.05, 0) is 36.3 Å². The van der Waals surface area contributed by atoms with Crippen molar-refractivity contribution >= 4 is 34.7 Å². The van der Waals surface area contributed by atoms with Crippen molar-refractivity contribution in [2.24, 2.45) is 5.84 Å². The van der Waals surface area contributed by atoms with Gasteiger partial charge in [-0.25, -0.2) is 10.8 Å². The second-order valence-electron chi connectivity index (χ2n) is 4.42. The van der Waals surface area contributed by atoms with E-state index in [9.17, 15) is 0 Å². The Bertz CT molecular complexity index is 585. The van der Waals surface area contributed by atoms with E-state index in [-0.39, 0.29) is 6.04 Å². The molecule has 3 rings (SSSR count). The lowest BCUT2D eigenvalue weighted by Gasteiger charge is -2.24. The van der Waals surface area contributed by atoms with E-state index in [1.807, 2.05) is 11.3 Å². The van der Waals surface area contributed by atoms with E-state index in [4.69, 9.17) is 17.4 Å². The third-order valence-electron chi connectivity index (χ3n) is 3.24. The predicted octanol–water partition coefficient (Wildman–Crippen LogP) is 2.97. The highest BCUT2D eigenvalue weighted by Gasteiger charge is 2.22. The van der Waals surface area contributed by atoms with Crippen LogP contribution in [0.25, 0.3) is 0 Å². The Labute approximate surface area is 120 Å². The van der Waals surface area contributed by atoms with Crippen LogP contribution in [0.15, 0.2) is 17.6 Å². The number of rotatable bonds is 3. The minimum absolute atomic E-state index is 0.257. The van der Waals surface area contributed by atoms with Crippen molar-refractivity contribution in [3.05, 3.63) is 33.1 Å². The minimum atomic E-state index is 0.257. The van der Waals surface area contributed by atoms with Crippen LogP contribution >= 0.6 is 22.9 Å². The number of hydrazine groups is 1. The van der Waals surface area contributed by atoms with E-state index in [0.29, 0.717) is 16.8 Å². The SMILES string of the molecule is NNc1ncc(Cl)c(NC2CCCc3sccc32)n1. The molecule has 2 heterocycles. The summed E-state index contributed by atoms with van der Waals surface area (Å²) in [5.41, 5.74) is 3.78. The van der Waals surface area contributed by atoms with E-state index in [1.165, 1.54) is 16.9 Å². The highest BCUT2D eigenvalue weighted by Crippen LogP contribution is 2.36. The summed E-state index contributed by atoms with van der Waals surface area (Å²) in [4.78, 5) is 9.67. The third-order valence-corrected chi connectivity index (χ3v) is 4.51. The Balaban J connectivity index is 1.87. The monoisotopic (exact) mass is 295 g/mol. The first-order valence-corrected chi connectivity index (χ1v) is 7.35. The third kappa shape index (κ3) is 2.51. The Morgan fingerprint density at radius 3 is 3.21 bits per heavy atom. The average Bonchev–Trinajstić information content (AvgIpc) is 2.90. The molecule has 7 heteroatoms. The number of hydrogen-bond donors (Lipinski definition) is 3. The summed E-state index contributed by atoms with van der Waals surface area (Å²) in [6.45, 7) is 0. The molecule has 2 aromatic heterocycles. The van der Waals surface area contributed by atoms with Gasteiger partial charge in [0, 0.05) is 4.88 Å². The van der Waals surface area contributed by atoms with Gasteiger partial charge >= 0.3 is 0 Å². The summed E-state index contributed by atoms with van der Waals surface area (Å²) in [5.74, 6) is 6.29. The molecule has 0 amide bonds. The van der Waals surface area contributed by atoms with Gasteiger partial charge in [0.25, 0.3) is 0 Å². The van der Waals surface area contributed by atoms with Crippen LogP contribution in [0.2, 0.25) is 5.02 Å². The van der Waals surface area contributed by atoms with Crippen molar-refractivity contribution in [1.29, 1.82) is 0 Å². The molecule has 0 fully saturated rings. The van der Waals surface area contributed by atoms with Crippen molar-refractivity contribution in [3.8, 4) is 0 Å². The van der Waals surface area contributed by atoms with Crippen molar-refractivity contribution in [2.45, 2.75) is 25.3 Å². The highest BCUT2D eigenvalue weighted by atomic mass is 35.5. The molecule has 0 aliphatic heterocycles. The number of thiophene rings is 1. The van der Waals surface area contributed by atoms with Gasteiger partial charge in [-0.1, -0.05) is 11.6 Å². The molecule has 0 radical (unpaired) electrons. The fourth-order valence-electron chi connectivity index (χ4n) is 2.34. The molecule has 5 nitrogen and oxygen atoms in total. The first-order chi connectivity index (χ1) is 9.28. The maximum atomic E-state index is 6.12. The number of aryl methyl sites for hydroxylation is 1. The van der Waals surface area contributed by atoms with E-state index >= 15 is 0 Å². The molecule has 1 unspecified atom stereocenters. The van der Waals surface area contributed by atoms with Crippen molar-refractivity contribution in [3.63, 3.8) is 0 Å². The molecule has 0 spiro atoms. The largest absolute Gasteiger partial charge is 0.362 e. The van der Waals surface area contributed by atoms with Gasteiger partial charge in [0.05, 0.1) is 12.2 Å². The highest BCUT2D eigenvalue weighted by molar-refractivity contribution is 7.10. The molecule has 2 aromatic rings. The van der Waals surface area contributed by atoms with Gasteiger partial charge in [-0.2, -0.15) is 4.98 Å². The normalized spacial score (nSPS) is 17.9. The fourth-order valence-corrected chi connectivity index (χ4v) is 3.47. The molecule has 100 valence electrons. The minimum Gasteiger partial charge on any atom is -0.362 e. The second kappa shape index (κ2) is 5.32. The Morgan fingerprint density at radius 2 is 2.37 bits per heavy atom. The molecular formula is C12H14ClN5S. The number of anilines is 2. The van der Waals surface area contributed by atoms with Crippen LogP contribution < -0.4 is 16.6 Å². The van der Waals surface area contributed by atoms with Crippen LogP contribution in [0.5, 0.6) is 0 Å². The van der Waals surface area contributed by atoms with E-state index < -0.39 is 0 Å². The van der Waals surface area contributed by atoms with Crippen LogP contribution in [0, 0.1) is 0 Å². The van der Waals surface area contributed by atoms with Gasteiger partial charge in [0.15, 0.2) is 5.82 Å². The van der Waals surface area contributed by atoms with Crippen LogP contribution in [0.3, 0.4) is 0 Å². The van der Waals surface area contributed by atoms with Gasteiger partial charge in [-0.15, -0.1) is 11.3 Å². The molecular weight excluding hydrogens is 282 g/mol. The number of halogens is 1. The lowest BCUT2D eigenvalue weighted by atomic mass is 9.94. The zero-order chi connectivity index (χ0) is 13.2. The lowest BCUT2D eigenvalue weighted by molar-refractivity contribution is 0.607. The number of nitrogens with zero attached hydrogens (tertiary/aromatic N) is 2. The first-order valence-electron chi connectivity index (χ1n) is 6.10. The molecule has 1 aliphatic carbocycles. The summed E-state index contributed by atoms with van der Waals surface area (Å²) in [6.07, 6.45) is 4.97. The van der Waals surface area contributed by atoms with Crippen molar-refractivity contribution < 1.29 is 0 Å². The Hall–Kier alpha value is -1.37. The molecule has 0 saturated carbocycles. The van der Waals surface area contributed by atoms with Crippen LogP contribution in [-0.2, 0) is 6.42 Å². The molecule has 19 heavy (non-hydrogen) atoms. The smallest absolute Gasteiger partial charge is 0.239 e. The molecule has 4 N–H and O–H groups in total. The second-order valence-corrected chi connectivity index (χ2v) is 5.83. The Morgan fingerprint density at radius 1 is 1.47 bits per heavy atom. The molecule has 0 bridgehead atoms. The number of nitrogens with two attached hydrogens (primary N) is 1. The summed E-state index contributed by atoms with van der Waals surface area (Å²) >= 11 is 7.93. The molecule has 1 aliphatic rings. The van der Waals surface area contributed by atoms with E-state index in [0.717, 1.165) is 12.8 Å². The van der Waals surface area contributed by atoms with Gasteiger partial charge < -0.3 is 5.32 Å². The van der Waals surface area contributed by atoms with Gasteiger partial charge in [0.1, 0.15) is 5.02 Å². The standard InChI is InChI=1S/C12H14ClN5S/c13-8-6-15-12(18-14)17-11(8)16-9-2-1-3-10-7(9)4-5-19-10/h4-6,9H,1-3,14H2,(H2,15,16,17,18). The zero-order valence-corrected chi connectivity index (χ0v) is 11.8. The average molecular weight is 296 g/mol. The van der Waals surface area contributed by atoms with Crippen molar-refractivity contribution in [1.82, 2.24) is 9.97 Å². The van der Waals surface area contributed by atoms with E-state index in [2.05, 4.69) is 32.2 Å². The zero-order valence-electron chi connectivity index (χ0n) is 10.2. The van der Waals surface area contributed by atoms with Crippen LogP contribution in [0.4, 0.5) is 11.8 Å². The number of fused-ring (bicyclic) bond motifs is 1. The molecule has 0 saturated heterocycles. The number of nitrogen functional groups attached to an aromatic ring is 1. The molecule has 1 atom stereocenters. The van der Waals surface area contributed by atoms with Gasteiger partial charge in [-0.3, -0.25) is 5.43 Å². The van der Waals surface area contributed by atoms with Crippen LogP contribution in [0.1, 0.15) is 29.3 Å². The number of nitrogens with one attached hydrogen (secondary N) is 2. The number of aromatic nitrogens is 2. The first kappa shape index (κ1) is 12.7. The lowest BCUT2D eigenvalue weighted by Crippen LogP contribution is -2.18. The Kier molecular flexibility index (Phi) is 3.54. The topological polar surface area (TPSA) is 75.9 Å². The number of hydrogen-bond acceptors (Lipinski definition) is 6. The maximum absolute atomic E-state index is 6.12. The van der Waals surface area contributed by atoms with Crippen LogP contribution in [-0.4, -0.2) is 9.97 Å². The quantitative estimate of drug-likeness (QED) is 0.599. The maximum Gasteiger partial charge on any atom is 0.239 e. The van der Waals surface area contributed by atoms with E-state index in [1.54, 1.807) is 6.20 Å². The summed E-state index contributed by atoms with van der Waals surface area (Å²) < 4.78 is 0. The summed E-state index contributed by atoms with van der Waals surface area (Å²) in [6, 6.07) is 2.43. The fraction of sp³-hybridized carbons (Fsp3) is 0.333.